The Bertz CT molecular complexity index is 351. The van der Waals surface area contributed by atoms with E-state index in [1.807, 2.05) is 19.9 Å². The van der Waals surface area contributed by atoms with Gasteiger partial charge in [0.15, 0.2) is 5.69 Å². The molecule has 76 valence electrons. The molecule has 5 nitrogen and oxygen atoms in total. The summed E-state index contributed by atoms with van der Waals surface area (Å²) in [6.45, 7) is 4.61. The molecule has 0 bridgehead atoms. The molecular weight excluding hydrogens is 182 g/mol. The lowest BCUT2D eigenvalue weighted by molar-refractivity contribution is 0.0594. The summed E-state index contributed by atoms with van der Waals surface area (Å²) in [7, 11) is 1.32. The molecule has 0 N–H and O–H groups in total. The van der Waals surface area contributed by atoms with Crippen molar-refractivity contribution < 1.29 is 9.53 Å². The second-order valence-electron chi connectivity index (χ2n) is 3.10. The molecule has 1 rings (SSSR count). The third-order valence-corrected chi connectivity index (χ3v) is 1.62. The van der Waals surface area contributed by atoms with E-state index >= 15 is 0 Å². The normalized spacial score (nSPS) is 9.64. The first kappa shape index (κ1) is 10.4. The molecule has 0 amide bonds. The molecule has 0 aliphatic rings. The van der Waals surface area contributed by atoms with Gasteiger partial charge in [-0.1, -0.05) is 16.9 Å². The van der Waals surface area contributed by atoms with Gasteiger partial charge in [0.25, 0.3) is 0 Å². The Labute approximate surface area is 82.4 Å². The molecule has 0 radical (unpaired) electrons. The van der Waals surface area contributed by atoms with Gasteiger partial charge in [0, 0.05) is 0 Å². The van der Waals surface area contributed by atoms with Crippen LogP contribution in [-0.2, 0) is 11.3 Å². The highest BCUT2D eigenvalue weighted by Gasteiger charge is 2.09. The largest absolute Gasteiger partial charge is 0.464 e. The fourth-order valence-electron chi connectivity index (χ4n) is 0.862. The van der Waals surface area contributed by atoms with Crippen molar-refractivity contribution in [3.05, 3.63) is 23.5 Å². The summed E-state index contributed by atoms with van der Waals surface area (Å²) in [5, 5.41) is 7.45. The van der Waals surface area contributed by atoms with Gasteiger partial charge < -0.3 is 4.74 Å². The van der Waals surface area contributed by atoms with E-state index in [-0.39, 0.29) is 5.69 Å². The van der Waals surface area contributed by atoms with Crippen molar-refractivity contribution in [1.82, 2.24) is 15.0 Å². The third-order valence-electron chi connectivity index (χ3n) is 1.62. The number of hydrogen-bond acceptors (Lipinski definition) is 4. The summed E-state index contributed by atoms with van der Waals surface area (Å²) >= 11 is 0. The van der Waals surface area contributed by atoms with E-state index in [1.54, 1.807) is 10.9 Å². The molecule has 5 heteroatoms. The molecule has 1 aromatic heterocycles. The Balaban J connectivity index is 2.69. The minimum atomic E-state index is -0.464. The number of carbonyl (C=O) groups is 1. The Morgan fingerprint density at radius 3 is 2.93 bits per heavy atom. The first-order valence-corrected chi connectivity index (χ1v) is 4.25. The minimum Gasteiger partial charge on any atom is -0.464 e. The van der Waals surface area contributed by atoms with E-state index in [0.717, 1.165) is 0 Å². The smallest absolute Gasteiger partial charge is 0.360 e. The minimum absolute atomic E-state index is 0.231. The van der Waals surface area contributed by atoms with Gasteiger partial charge in [-0.15, -0.1) is 5.10 Å². The van der Waals surface area contributed by atoms with Crippen LogP contribution in [0.1, 0.15) is 24.3 Å². The van der Waals surface area contributed by atoms with Crippen LogP contribution in [0, 0.1) is 0 Å². The maximum Gasteiger partial charge on any atom is 0.360 e. The van der Waals surface area contributed by atoms with Crippen LogP contribution < -0.4 is 0 Å². The van der Waals surface area contributed by atoms with Crippen LogP contribution in [0.15, 0.2) is 17.8 Å². The number of carbonyl (C=O) groups excluding carboxylic acids is 1. The van der Waals surface area contributed by atoms with E-state index < -0.39 is 5.97 Å². The molecule has 0 spiro atoms. The zero-order valence-corrected chi connectivity index (χ0v) is 8.52. The number of aromatic nitrogens is 3. The number of rotatable bonds is 3. The number of nitrogens with zero attached hydrogens (tertiary/aromatic N) is 3. The number of ether oxygens (including phenoxy) is 1. The maximum atomic E-state index is 11.0. The standard InChI is InChI=1S/C9H13N3O2/c1-7(2)4-5-12-6-8(10-11-12)9(13)14-3/h4,6H,5H2,1-3H3. The van der Waals surface area contributed by atoms with Crippen LogP contribution >= 0.6 is 0 Å². The van der Waals surface area contributed by atoms with Gasteiger partial charge in [-0.3, -0.25) is 0 Å². The van der Waals surface area contributed by atoms with Crippen LogP contribution in [0.3, 0.4) is 0 Å². The second kappa shape index (κ2) is 4.55. The van der Waals surface area contributed by atoms with Gasteiger partial charge in [-0.2, -0.15) is 0 Å². The molecule has 1 aromatic rings. The molecule has 0 atom stereocenters. The maximum absolute atomic E-state index is 11.0. The Hall–Kier alpha value is -1.65. The van der Waals surface area contributed by atoms with Crippen molar-refractivity contribution in [3.63, 3.8) is 0 Å². The molecule has 0 saturated heterocycles. The summed E-state index contributed by atoms with van der Waals surface area (Å²) in [5.41, 5.74) is 1.43. The molecular formula is C9H13N3O2. The molecule has 0 fully saturated rings. The van der Waals surface area contributed by atoms with Crippen molar-refractivity contribution in [1.29, 1.82) is 0 Å². The predicted molar refractivity (Wildman–Crippen MR) is 50.8 cm³/mol. The first-order valence-electron chi connectivity index (χ1n) is 4.25. The second-order valence-corrected chi connectivity index (χ2v) is 3.10. The highest BCUT2D eigenvalue weighted by atomic mass is 16.5. The average Bonchev–Trinajstić information content (AvgIpc) is 2.62. The zero-order chi connectivity index (χ0) is 10.6. The fraction of sp³-hybridized carbons (Fsp3) is 0.444. The first-order chi connectivity index (χ1) is 6.63. The highest BCUT2D eigenvalue weighted by Crippen LogP contribution is 1.97. The van der Waals surface area contributed by atoms with Crippen LogP contribution in [0.5, 0.6) is 0 Å². The van der Waals surface area contributed by atoms with Crippen molar-refractivity contribution in [2.45, 2.75) is 20.4 Å². The molecule has 1 heterocycles. The Morgan fingerprint density at radius 2 is 2.36 bits per heavy atom. The summed E-state index contributed by atoms with van der Waals surface area (Å²) < 4.78 is 6.09. The lowest BCUT2D eigenvalue weighted by atomic mass is 10.3. The fourth-order valence-corrected chi connectivity index (χ4v) is 0.862. The summed E-state index contributed by atoms with van der Waals surface area (Å²) in [6, 6.07) is 0. The van der Waals surface area contributed by atoms with Crippen LogP contribution in [0.2, 0.25) is 0 Å². The van der Waals surface area contributed by atoms with Crippen LogP contribution in [0.4, 0.5) is 0 Å². The number of methoxy groups -OCH3 is 1. The Morgan fingerprint density at radius 1 is 1.64 bits per heavy atom. The zero-order valence-electron chi connectivity index (χ0n) is 8.52. The number of allylic oxidation sites excluding steroid dienone is 2. The summed E-state index contributed by atoms with van der Waals surface area (Å²) in [5.74, 6) is -0.464. The van der Waals surface area contributed by atoms with Gasteiger partial charge in [0.2, 0.25) is 0 Å². The molecule has 0 aliphatic heterocycles. The van der Waals surface area contributed by atoms with E-state index in [1.165, 1.54) is 12.7 Å². The topological polar surface area (TPSA) is 57.0 Å². The van der Waals surface area contributed by atoms with Gasteiger partial charge in [-0.25, -0.2) is 9.48 Å². The third kappa shape index (κ3) is 2.69. The molecule has 0 aliphatic carbocycles. The van der Waals surface area contributed by atoms with E-state index in [0.29, 0.717) is 6.54 Å². The van der Waals surface area contributed by atoms with E-state index in [9.17, 15) is 4.79 Å². The SMILES string of the molecule is COC(=O)c1cn(CC=C(C)C)nn1. The molecule has 14 heavy (non-hydrogen) atoms. The van der Waals surface area contributed by atoms with Crippen molar-refractivity contribution in [2.75, 3.05) is 7.11 Å². The number of esters is 1. The monoisotopic (exact) mass is 195 g/mol. The number of hydrogen-bond donors (Lipinski definition) is 0. The lowest BCUT2D eigenvalue weighted by Gasteiger charge is -1.93. The van der Waals surface area contributed by atoms with Gasteiger partial charge in [0.1, 0.15) is 0 Å². The van der Waals surface area contributed by atoms with Crippen molar-refractivity contribution >= 4 is 5.97 Å². The van der Waals surface area contributed by atoms with Crippen LogP contribution in [-0.4, -0.2) is 28.1 Å². The predicted octanol–water partition coefficient (Wildman–Crippen LogP) is 1.03. The average molecular weight is 195 g/mol. The molecule has 0 saturated carbocycles. The Kier molecular flexibility index (Phi) is 3.39. The summed E-state index contributed by atoms with van der Waals surface area (Å²) in [6.07, 6.45) is 3.56. The van der Waals surface area contributed by atoms with Gasteiger partial charge in [-0.05, 0) is 13.8 Å². The molecule has 0 unspecified atom stereocenters. The van der Waals surface area contributed by atoms with E-state index in [4.69, 9.17) is 0 Å². The highest BCUT2D eigenvalue weighted by molar-refractivity contribution is 5.86. The van der Waals surface area contributed by atoms with Crippen LogP contribution in [0.25, 0.3) is 0 Å². The lowest BCUT2D eigenvalue weighted by Crippen LogP contribution is -2.01. The summed E-state index contributed by atoms with van der Waals surface area (Å²) in [4.78, 5) is 11.0. The van der Waals surface area contributed by atoms with Gasteiger partial charge in [0.05, 0.1) is 19.9 Å². The van der Waals surface area contributed by atoms with E-state index in [2.05, 4.69) is 15.0 Å². The van der Waals surface area contributed by atoms with Gasteiger partial charge >= 0.3 is 5.97 Å². The van der Waals surface area contributed by atoms with Crippen molar-refractivity contribution in [3.8, 4) is 0 Å². The molecule has 0 aromatic carbocycles. The quantitative estimate of drug-likeness (QED) is 0.534. The van der Waals surface area contributed by atoms with Crippen molar-refractivity contribution in [2.24, 2.45) is 0 Å².